The van der Waals surface area contributed by atoms with E-state index in [2.05, 4.69) is 16.8 Å². The molecule has 0 unspecified atom stereocenters. The molecule has 19 heavy (non-hydrogen) atoms. The predicted molar refractivity (Wildman–Crippen MR) is 78.0 cm³/mol. The molecule has 1 aliphatic rings. The van der Waals surface area contributed by atoms with Gasteiger partial charge in [-0.15, -0.1) is 6.58 Å². The smallest absolute Gasteiger partial charge is 0.129 e. The highest BCUT2D eigenvalue weighted by Gasteiger charge is 2.25. The molecule has 0 spiro atoms. The number of benzene rings is 1. The zero-order valence-corrected chi connectivity index (χ0v) is 11.8. The second kappa shape index (κ2) is 7.04. The van der Waals surface area contributed by atoms with Crippen LogP contribution in [0.1, 0.15) is 24.4 Å². The van der Waals surface area contributed by atoms with Crippen LogP contribution in [0, 0.1) is 5.82 Å². The van der Waals surface area contributed by atoms with Crippen LogP contribution in [0.5, 0.6) is 0 Å². The van der Waals surface area contributed by atoms with Gasteiger partial charge in [-0.2, -0.15) is 0 Å². The third kappa shape index (κ3) is 3.56. The summed E-state index contributed by atoms with van der Waals surface area (Å²) in [4.78, 5) is 2.31. The first-order valence-electron chi connectivity index (χ1n) is 6.73. The first kappa shape index (κ1) is 14.5. The van der Waals surface area contributed by atoms with Crippen LogP contribution in [0.25, 0.3) is 0 Å². The minimum atomic E-state index is -0.208. The molecule has 0 amide bonds. The quantitative estimate of drug-likeness (QED) is 0.833. The fourth-order valence-electron chi connectivity index (χ4n) is 2.61. The second-order valence-electron chi connectivity index (χ2n) is 4.80. The molecule has 2 nitrogen and oxygen atoms in total. The molecule has 1 aromatic carbocycles. The molecule has 0 aromatic heterocycles. The van der Waals surface area contributed by atoms with Gasteiger partial charge in [-0.25, -0.2) is 4.39 Å². The van der Waals surface area contributed by atoms with Crippen molar-refractivity contribution in [2.45, 2.75) is 18.9 Å². The van der Waals surface area contributed by atoms with E-state index < -0.39 is 0 Å². The molecule has 0 radical (unpaired) electrons. The lowest BCUT2D eigenvalue weighted by molar-refractivity contribution is 0.163. The molecule has 1 aromatic rings. The number of rotatable bonds is 5. The summed E-state index contributed by atoms with van der Waals surface area (Å²) in [6.45, 7) is 7.49. The van der Waals surface area contributed by atoms with Gasteiger partial charge in [-0.05, 0) is 25.0 Å². The zero-order valence-electron chi connectivity index (χ0n) is 11.0. The van der Waals surface area contributed by atoms with Gasteiger partial charge < -0.3 is 5.32 Å². The number of nitrogens with one attached hydrogen (secondary N) is 1. The summed E-state index contributed by atoms with van der Waals surface area (Å²) in [5.41, 5.74) is 0.632. The first-order valence-corrected chi connectivity index (χ1v) is 7.11. The Kier molecular flexibility index (Phi) is 5.37. The monoisotopic (exact) mass is 282 g/mol. The van der Waals surface area contributed by atoms with Gasteiger partial charge in [0.15, 0.2) is 0 Å². The molecular formula is C15H20ClFN2. The Hall–Kier alpha value is -0.900. The maximum absolute atomic E-state index is 14.1. The van der Waals surface area contributed by atoms with Gasteiger partial charge in [0, 0.05) is 42.8 Å². The lowest BCUT2D eigenvalue weighted by Gasteiger charge is -2.35. The maximum atomic E-state index is 14.1. The standard InChI is InChI=1S/C15H20ClFN2/c1-2-3-7-14(19-10-8-18-9-11-19)15-12(16)5-4-6-13(15)17/h2,4-6,14,18H,1,3,7-11H2/t14-/m1/s1. The molecule has 0 saturated carbocycles. The van der Waals surface area contributed by atoms with Crippen LogP contribution in [-0.2, 0) is 0 Å². The van der Waals surface area contributed by atoms with Gasteiger partial charge in [0.1, 0.15) is 5.82 Å². The van der Waals surface area contributed by atoms with Crippen molar-refractivity contribution in [3.63, 3.8) is 0 Å². The van der Waals surface area contributed by atoms with Crippen molar-refractivity contribution in [3.8, 4) is 0 Å². The van der Waals surface area contributed by atoms with E-state index >= 15 is 0 Å². The van der Waals surface area contributed by atoms with E-state index in [0.717, 1.165) is 39.0 Å². The highest BCUT2D eigenvalue weighted by Crippen LogP contribution is 2.33. The minimum absolute atomic E-state index is 0.0359. The Morgan fingerprint density at radius 1 is 1.42 bits per heavy atom. The topological polar surface area (TPSA) is 15.3 Å². The van der Waals surface area contributed by atoms with Crippen molar-refractivity contribution in [3.05, 3.63) is 47.3 Å². The first-order chi connectivity index (χ1) is 9.24. The Morgan fingerprint density at radius 2 is 2.16 bits per heavy atom. The average Bonchev–Trinajstić information content (AvgIpc) is 2.43. The van der Waals surface area contributed by atoms with Crippen LogP contribution < -0.4 is 5.32 Å². The summed E-state index contributed by atoms with van der Waals surface area (Å²) in [5, 5.41) is 3.84. The summed E-state index contributed by atoms with van der Waals surface area (Å²) >= 11 is 6.21. The number of piperazine rings is 1. The number of hydrogen-bond acceptors (Lipinski definition) is 2. The third-order valence-corrected chi connectivity index (χ3v) is 3.90. The van der Waals surface area contributed by atoms with Gasteiger partial charge >= 0.3 is 0 Å². The van der Waals surface area contributed by atoms with Gasteiger partial charge in [-0.1, -0.05) is 23.7 Å². The zero-order chi connectivity index (χ0) is 13.7. The van der Waals surface area contributed by atoms with Crippen molar-refractivity contribution in [1.82, 2.24) is 10.2 Å². The third-order valence-electron chi connectivity index (χ3n) is 3.57. The van der Waals surface area contributed by atoms with Gasteiger partial charge in [0.25, 0.3) is 0 Å². The van der Waals surface area contributed by atoms with Crippen LogP contribution in [0.2, 0.25) is 5.02 Å². The molecule has 1 aliphatic heterocycles. The number of nitrogens with zero attached hydrogens (tertiary/aromatic N) is 1. The van der Waals surface area contributed by atoms with Gasteiger partial charge in [0.2, 0.25) is 0 Å². The molecule has 104 valence electrons. The highest BCUT2D eigenvalue weighted by atomic mass is 35.5. The van der Waals surface area contributed by atoms with Crippen molar-refractivity contribution in [2.24, 2.45) is 0 Å². The van der Waals surface area contributed by atoms with Crippen LogP contribution >= 0.6 is 11.6 Å². The SMILES string of the molecule is C=CCC[C@H](c1c(F)cccc1Cl)N1CCNCC1. The summed E-state index contributed by atoms with van der Waals surface area (Å²) in [6, 6.07) is 4.95. The molecule has 1 atom stereocenters. The summed E-state index contributed by atoms with van der Waals surface area (Å²) < 4.78 is 14.1. The fraction of sp³-hybridized carbons (Fsp3) is 0.467. The number of hydrogen-bond donors (Lipinski definition) is 1. The van der Waals surface area contributed by atoms with E-state index in [1.165, 1.54) is 6.07 Å². The Balaban J connectivity index is 2.27. The Morgan fingerprint density at radius 3 is 2.79 bits per heavy atom. The molecule has 2 rings (SSSR count). The normalized spacial score (nSPS) is 18.2. The van der Waals surface area contributed by atoms with E-state index in [4.69, 9.17) is 11.6 Å². The second-order valence-corrected chi connectivity index (χ2v) is 5.21. The van der Waals surface area contributed by atoms with Crippen LogP contribution in [0.15, 0.2) is 30.9 Å². The minimum Gasteiger partial charge on any atom is -0.314 e. The number of halogens is 2. The van der Waals surface area contributed by atoms with E-state index in [0.29, 0.717) is 10.6 Å². The van der Waals surface area contributed by atoms with Crippen molar-refractivity contribution in [2.75, 3.05) is 26.2 Å². The summed E-state index contributed by atoms with van der Waals surface area (Å²) in [7, 11) is 0. The van der Waals surface area contributed by atoms with E-state index in [1.54, 1.807) is 12.1 Å². The van der Waals surface area contributed by atoms with Crippen LogP contribution in [0.4, 0.5) is 4.39 Å². The van der Waals surface area contributed by atoms with E-state index in [9.17, 15) is 4.39 Å². The maximum Gasteiger partial charge on any atom is 0.129 e. The Labute approximate surface area is 119 Å². The lowest BCUT2D eigenvalue weighted by Crippen LogP contribution is -2.45. The van der Waals surface area contributed by atoms with Crippen molar-refractivity contribution in [1.29, 1.82) is 0 Å². The molecule has 4 heteroatoms. The van der Waals surface area contributed by atoms with Crippen LogP contribution in [-0.4, -0.2) is 31.1 Å². The van der Waals surface area contributed by atoms with Crippen LogP contribution in [0.3, 0.4) is 0 Å². The number of allylic oxidation sites excluding steroid dienone is 1. The lowest BCUT2D eigenvalue weighted by atomic mass is 9.98. The van der Waals surface area contributed by atoms with Gasteiger partial charge in [0.05, 0.1) is 0 Å². The molecule has 1 fully saturated rings. The molecule has 0 aliphatic carbocycles. The summed E-state index contributed by atoms with van der Waals surface area (Å²) in [6.07, 6.45) is 3.59. The van der Waals surface area contributed by atoms with Crippen molar-refractivity contribution < 1.29 is 4.39 Å². The largest absolute Gasteiger partial charge is 0.314 e. The fourth-order valence-corrected chi connectivity index (χ4v) is 2.90. The van der Waals surface area contributed by atoms with E-state index in [-0.39, 0.29) is 11.9 Å². The average molecular weight is 283 g/mol. The molecule has 1 saturated heterocycles. The molecule has 1 heterocycles. The molecule has 1 N–H and O–H groups in total. The highest BCUT2D eigenvalue weighted by molar-refractivity contribution is 6.31. The molecular weight excluding hydrogens is 263 g/mol. The predicted octanol–water partition coefficient (Wildman–Crippen LogP) is 3.39. The van der Waals surface area contributed by atoms with E-state index in [1.807, 2.05) is 6.08 Å². The van der Waals surface area contributed by atoms with Crippen molar-refractivity contribution >= 4 is 11.6 Å². The molecule has 0 bridgehead atoms. The van der Waals surface area contributed by atoms with Gasteiger partial charge in [-0.3, -0.25) is 4.90 Å². The Bertz CT molecular complexity index is 410. The summed E-state index contributed by atoms with van der Waals surface area (Å²) in [5.74, 6) is -0.208.